The third kappa shape index (κ3) is 13.1. The van der Waals surface area contributed by atoms with E-state index >= 15 is 0 Å². The van der Waals surface area contributed by atoms with Gasteiger partial charge in [0.05, 0.1) is 5.92 Å². The smallest absolute Gasteiger partial charge is 0.313 e. The summed E-state index contributed by atoms with van der Waals surface area (Å²) in [5, 5.41) is 10.1. The van der Waals surface area contributed by atoms with Crippen LogP contribution in [0.15, 0.2) is 54.6 Å². The van der Waals surface area contributed by atoms with Crippen LogP contribution < -0.4 is 0 Å². The van der Waals surface area contributed by atoms with Crippen molar-refractivity contribution >= 4 is 17.7 Å². The molecule has 0 heterocycles. The highest BCUT2D eigenvalue weighted by Crippen LogP contribution is 2.20. The molecule has 1 unspecified atom stereocenters. The van der Waals surface area contributed by atoms with Gasteiger partial charge < -0.3 is 14.6 Å². The van der Waals surface area contributed by atoms with Crippen LogP contribution in [0.2, 0.25) is 0 Å². The topological polar surface area (TPSA) is 89.9 Å². The van der Waals surface area contributed by atoms with Crippen LogP contribution >= 0.6 is 0 Å². The zero-order valence-corrected chi connectivity index (χ0v) is 23.7. The van der Waals surface area contributed by atoms with Crippen LogP contribution in [0.5, 0.6) is 0 Å². The third-order valence-electron chi connectivity index (χ3n) is 6.88. The molecule has 6 heteroatoms. The molecule has 0 radical (unpaired) electrons. The van der Waals surface area contributed by atoms with Crippen LogP contribution in [0.1, 0.15) is 118 Å². The average molecular weight is 539 g/mol. The van der Waals surface area contributed by atoms with Gasteiger partial charge in [0.2, 0.25) is 0 Å². The maximum Gasteiger partial charge on any atom is 0.313 e. The molecule has 0 fully saturated rings. The highest BCUT2D eigenvalue weighted by molar-refractivity contribution is 6.09. The van der Waals surface area contributed by atoms with Crippen LogP contribution in [0, 0.1) is 0 Å². The summed E-state index contributed by atoms with van der Waals surface area (Å²) in [6.45, 7) is 3.45. The van der Waals surface area contributed by atoms with Crippen molar-refractivity contribution in [2.75, 3.05) is 13.2 Å². The van der Waals surface area contributed by atoms with E-state index in [0.717, 1.165) is 19.3 Å². The molecule has 6 nitrogen and oxygen atoms in total. The Morgan fingerprint density at radius 1 is 0.718 bits per heavy atom. The van der Waals surface area contributed by atoms with Gasteiger partial charge in [0, 0.05) is 17.5 Å². The summed E-state index contributed by atoms with van der Waals surface area (Å²) in [4.78, 5) is 37.2. The highest BCUT2D eigenvalue weighted by atomic mass is 16.6. The second-order valence-electron chi connectivity index (χ2n) is 10.3. The largest absolute Gasteiger partial charge is 0.463 e. The highest BCUT2D eigenvalue weighted by Gasteiger charge is 2.20. The quantitative estimate of drug-likeness (QED) is 0.109. The minimum atomic E-state index is -1.09. The molecule has 0 bridgehead atoms. The Hall–Kier alpha value is -2.99. The molecule has 2 aromatic rings. The van der Waals surface area contributed by atoms with Crippen LogP contribution in [0.4, 0.5) is 0 Å². The van der Waals surface area contributed by atoms with E-state index in [-0.39, 0.29) is 25.0 Å². The maximum atomic E-state index is 12.7. The number of hydrogen-bond acceptors (Lipinski definition) is 6. The summed E-state index contributed by atoms with van der Waals surface area (Å²) < 4.78 is 10.4. The Morgan fingerprint density at radius 3 is 1.92 bits per heavy atom. The minimum Gasteiger partial charge on any atom is -0.463 e. The first kappa shape index (κ1) is 32.2. The van der Waals surface area contributed by atoms with Crippen LogP contribution in [0.3, 0.4) is 0 Å². The molecule has 0 spiro atoms. The van der Waals surface area contributed by atoms with Gasteiger partial charge in [0.15, 0.2) is 5.78 Å². The van der Waals surface area contributed by atoms with Crippen molar-refractivity contribution < 1.29 is 29.0 Å². The van der Waals surface area contributed by atoms with Gasteiger partial charge in [-0.2, -0.15) is 0 Å². The lowest BCUT2D eigenvalue weighted by Crippen LogP contribution is -2.26. The number of hydrogen-bond donors (Lipinski definition) is 1. The second-order valence-corrected chi connectivity index (χ2v) is 10.3. The van der Waals surface area contributed by atoms with Crippen molar-refractivity contribution in [1.82, 2.24) is 0 Å². The normalized spacial score (nSPS) is 12.5. The fourth-order valence-electron chi connectivity index (χ4n) is 4.39. The number of aliphatic hydroxyl groups excluding tert-OH is 1. The molecule has 0 aliphatic carbocycles. The molecular weight excluding hydrogens is 492 g/mol. The van der Waals surface area contributed by atoms with E-state index in [1.807, 2.05) is 6.07 Å². The number of carbonyl (C=O) groups excluding carboxylic acids is 3. The van der Waals surface area contributed by atoms with E-state index < -0.39 is 18.0 Å². The predicted octanol–water partition coefficient (Wildman–Crippen LogP) is 7.17. The SMILES string of the molecule is CCCCCCCCCCCCCC(=O)OC[C@H](O)COC(=O)C(C)c1cccc(C(=O)c2ccccc2)c1. The summed E-state index contributed by atoms with van der Waals surface area (Å²) in [6, 6.07) is 15.9. The van der Waals surface area contributed by atoms with Gasteiger partial charge in [-0.05, 0) is 25.0 Å². The Bertz CT molecular complexity index is 987. The van der Waals surface area contributed by atoms with Gasteiger partial charge in [0.25, 0.3) is 0 Å². The van der Waals surface area contributed by atoms with Crippen molar-refractivity contribution in [3.8, 4) is 0 Å². The molecule has 0 amide bonds. The molecule has 0 saturated heterocycles. The molecule has 39 heavy (non-hydrogen) atoms. The summed E-state index contributed by atoms with van der Waals surface area (Å²) in [6.07, 6.45) is 12.6. The van der Waals surface area contributed by atoms with Gasteiger partial charge in [-0.15, -0.1) is 0 Å². The summed E-state index contributed by atoms with van der Waals surface area (Å²) in [5.41, 5.74) is 1.71. The predicted molar refractivity (Wildman–Crippen MR) is 154 cm³/mol. The van der Waals surface area contributed by atoms with E-state index in [1.165, 1.54) is 51.4 Å². The fourth-order valence-corrected chi connectivity index (χ4v) is 4.39. The molecule has 0 aromatic heterocycles. The van der Waals surface area contributed by atoms with Gasteiger partial charge in [-0.3, -0.25) is 14.4 Å². The number of ketones is 1. The monoisotopic (exact) mass is 538 g/mol. The average Bonchev–Trinajstić information content (AvgIpc) is 2.97. The van der Waals surface area contributed by atoms with E-state index in [2.05, 4.69) is 6.92 Å². The summed E-state index contributed by atoms with van der Waals surface area (Å²) >= 11 is 0. The van der Waals surface area contributed by atoms with Crippen LogP contribution in [-0.2, 0) is 19.1 Å². The number of rotatable bonds is 20. The fraction of sp³-hybridized carbons (Fsp3) is 0.545. The molecule has 2 rings (SSSR count). The minimum absolute atomic E-state index is 0.122. The molecule has 214 valence electrons. The number of carbonyl (C=O) groups is 3. The van der Waals surface area contributed by atoms with Gasteiger partial charge >= 0.3 is 11.9 Å². The lowest BCUT2D eigenvalue weighted by molar-refractivity contribution is -0.153. The summed E-state index contributed by atoms with van der Waals surface area (Å²) in [5.74, 6) is -1.61. The van der Waals surface area contributed by atoms with Crippen molar-refractivity contribution in [3.63, 3.8) is 0 Å². The first-order chi connectivity index (χ1) is 18.9. The number of benzene rings is 2. The number of ether oxygens (including phenoxy) is 2. The number of aliphatic hydroxyl groups is 1. The molecule has 2 atom stereocenters. The Morgan fingerprint density at radius 2 is 1.28 bits per heavy atom. The third-order valence-corrected chi connectivity index (χ3v) is 6.88. The van der Waals surface area contributed by atoms with E-state index in [4.69, 9.17) is 9.47 Å². The van der Waals surface area contributed by atoms with Crippen molar-refractivity contribution in [2.45, 2.75) is 103 Å². The standard InChI is InChI=1S/C33H46O6/c1-3-4-5-6-7-8-9-10-11-12-16-22-31(35)38-24-30(34)25-39-33(37)26(2)28-20-17-21-29(23-28)32(36)27-18-14-13-15-19-27/h13-15,17-21,23,26,30,34H,3-12,16,22,24-25H2,1-2H3/t26?,30-/m0/s1. The molecule has 0 aliphatic rings. The number of unbranched alkanes of at least 4 members (excludes halogenated alkanes) is 10. The van der Waals surface area contributed by atoms with Crippen molar-refractivity contribution in [3.05, 3.63) is 71.3 Å². The first-order valence-corrected chi connectivity index (χ1v) is 14.6. The number of esters is 2. The van der Waals surface area contributed by atoms with Crippen molar-refractivity contribution in [1.29, 1.82) is 0 Å². The molecular formula is C33H46O6. The lowest BCUT2D eigenvalue weighted by Gasteiger charge is -2.15. The Kier molecular flexibility index (Phi) is 15.8. The van der Waals surface area contributed by atoms with Crippen molar-refractivity contribution in [2.24, 2.45) is 0 Å². The van der Waals surface area contributed by atoms with Gasteiger partial charge in [-0.25, -0.2) is 0 Å². The molecule has 0 saturated carbocycles. The van der Waals surface area contributed by atoms with Crippen LogP contribution in [0.25, 0.3) is 0 Å². The molecule has 2 aromatic carbocycles. The van der Waals surface area contributed by atoms with Gasteiger partial charge in [0.1, 0.15) is 19.3 Å². The van der Waals surface area contributed by atoms with E-state index in [1.54, 1.807) is 55.5 Å². The Labute approximate surface area is 234 Å². The Balaban J connectivity index is 1.59. The van der Waals surface area contributed by atoms with Gasteiger partial charge in [-0.1, -0.05) is 120 Å². The van der Waals surface area contributed by atoms with E-state index in [9.17, 15) is 19.5 Å². The second kappa shape index (κ2) is 19.1. The molecule has 0 aliphatic heterocycles. The maximum absolute atomic E-state index is 12.7. The summed E-state index contributed by atoms with van der Waals surface area (Å²) in [7, 11) is 0. The first-order valence-electron chi connectivity index (χ1n) is 14.6. The lowest BCUT2D eigenvalue weighted by atomic mass is 9.96. The van der Waals surface area contributed by atoms with Crippen LogP contribution in [-0.4, -0.2) is 42.1 Å². The zero-order chi connectivity index (χ0) is 28.3. The molecule has 1 N–H and O–H groups in total. The van der Waals surface area contributed by atoms with E-state index in [0.29, 0.717) is 23.1 Å². The zero-order valence-electron chi connectivity index (χ0n) is 23.7.